The molecule has 0 spiro atoms. The third kappa shape index (κ3) is 2.46. The van der Waals surface area contributed by atoms with E-state index in [0.717, 1.165) is 23.3 Å². The van der Waals surface area contributed by atoms with E-state index in [1.165, 1.54) is 12.1 Å². The van der Waals surface area contributed by atoms with E-state index < -0.39 is 11.8 Å². The van der Waals surface area contributed by atoms with Crippen LogP contribution in [0.4, 0.5) is 20.6 Å². The molecule has 0 atom stereocenters. The van der Waals surface area contributed by atoms with Crippen molar-refractivity contribution in [3.63, 3.8) is 0 Å². The van der Waals surface area contributed by atoms with Crippen LogP contribution < -0.4 is 20.1 Å². The predicted molar refractivity (Wildman–Crippen MR) is 83.9 cm³/mol. The number of carbonyl (C=O) groups excluding carboxylic acids is 1. The van der Waals surface area contributed by atoms with Crippen LogP contribution in [0.5, 0.6) is 11.5 Å². The van der Waals surface area contributed by atoms with Gasteiger partial charge in [0.2, 0.25) is 0 Å². The summed E-state index contributed by atoms with van der Waals surface area (Å²) in [6, 6.07) is 7.51. The van der Waals surface area contributed by atoms with Crippen LogP contribution in [-0.4, -0.2) is 19.2 Å². The van der Waals surface area contributed by atoms with Gasteiger partial charge in [0.1, 0.15) is 17.3 Å². The van der Waals surface area contributed by atoms with Gasteiger partial charge in [-0.3, -0.25) is 0 Å². The third-order valence-electron chi connectivity index (χ3n) is 4.01. The summed E-state index contributed by atoms with van der Waals surface area (Å²) in [5.74, 6) is 0.999. The van der Waals surface area contributed by atoms with Crippen molar-refractivity contribution in [1.29, 1.82) is 0 Å². The maximum absolute atomic E-state index is 13.6. The fourth-order valence-electron chi connectivity index (χ4n) is 2.95. The fourth-order valence-corrected chi connectivity index (χ4v) is 2.95. The number of para-hydroxylation sites is 1. The van der Waals surface area contributed by atoms with Crippen LogP contribution in [0.2, 0.25) is 0 Å². The second-order valence-electron chi connectivity index (χ2n) is 5.47. The molecule has 0 saturated carbocycles. The van der Waals surface area contributed by atoms with E-state index in [1.807, 2.05) is 6.07 Å². The molecular weight excluding hydrogens is 299 g/mol. The van der Waals surface area contributed by atoms with Crippen LogP contribution in [0.15, 0.2) is 30.3 Å². The van der Waals surface area contributed by atoms with Gasteiger partial charge in [0.25, 0.3) is 0 Å². The Bertz CT molecular complexity index is 759. The standard InChI is InChI=1S/C17H15FN2O3/c18-12-3-1-2-4-13(12)19-17(21)20-15-11-6-8-22-14(11)9-10-5-7-23-16(10)15/h1-4,9H,5-8H2,(H2,19,20,21). The van der Waals surface area contributed by atoms with Crippen molar-refractivity contribution >= 4 is 17.4 Å². The molecule has 0 fully saturated rings. The molecule has 0 unspecified atom stereocenters. The zero-order valence-corrected chi connectivity index (χ0v) is 12.3. The number of anilines is 2. The molecule has 6 heteroatoms. The minimum Gasteiger partial charge on any atom is -0.493 e. The Morgan fingerprint density at radius 1 is 1.09 bits per heavy atom. The Morgan fingerprint density at radius 3 is 2.78 bits per heavy atom. The number of carbonyl (C=O) groups is 1. The van der Waals surface area contributed by atoms with Crippen molar-refractivity contribution in [2.45, 2.75) is 12.8 Å². The van der Waals surface area contributed by atoms with E-state index in [0.29, 0.717) is 31.1 Å². The zero-order chi connectivity index (χ0) is 15.8. The van der Waals surface area contributed by atoms with E-state index in [4.69, 9.17) is 9.47 Å². The molecule has 2 aliphatic heterocycles. The molecule has 0 aliphatic carbocycles. The second-order valence-corrected chi connectivity index (χ2v) is 5.47. The first-order valence-corrected chi connectivity index (χ1v) is 7.49. The topological polar surface area (TPSA) is 59.6 Å². The number of halogens is 1. The number of benzene rings is 2. The Hall–Kier alpha value is -2.76. The maximum Gasteiger partial charge on any atom is 0.323 e. The van der Waals surface area contributed by atoms with Crippen molar-refractivity contribution in [3.05, 3.63) is 47.3 Å². The van der Waals surface area contributed by atoms with Gasteiger partial charge in [0, 0.05) is 24.0 Å². The lowest BCUT2D eigenvalue weighted by Crippen LogP contribution is -2.21. The summed E-state index contributed by atoms with van der Waals surface area (Å²) >= 11 is 0. The quantitative estimate of drug-likeness (QED) is 0.894. The number of amides is 2. The summed E-state index contributed by atoms with van der Waals surface area (Å²) < 4.78 is 24.9. The van der Waals surface area contributed by atoms with Crippen LogP contribution in [0.3, 0.4) is 0 Å². The second kappa shape index (κ2) is 5.46. The monoisotopic (exact) mass is 314 g/mol. The summed E-state index contributed by atoms with van der Waals surface area (Å²) in [5, 5.41) is 5.32. The smallest absolute Gasteiger partial charge is 0.323 e. The van der Waals surface area contributed by atoms with Gasteiger partial charge in [-0.15, -0.1) is 0 Å². The van der Waals surface area contributed by atoms with Crippen molar-refractivity contribution < 1.29 is 18.7 Å². The van der Waals surface area contributed by atoms with Crippen LogP contribution in [0, 0.1) is 5.82 Å². The number of hydrogen-bond acceptors (Lipinski definition) is 3. The minimum atomic E-state index is -0.506. The van der Waals surface area contributed by atoms with Gasteiger partial charge in [-0.05, 0) is 18.2 Å². The van der Waals surface area contributed by atoms with Gasteiger partial charge in [-0.1, -0.05) is 12.1 Å². The molecule has 2 aromatic carbocycles. The molecule has 4 rings (SSSR count). The summed E-state index contributed by atoms with van der Waals surface area (Å²) in [6.45, 7) is 1.17. The van der Waals surface area contributed by atoms with Gasteiger partial charge in [-0.25, -0.2) is 9.18 Å². The molecule has 0 saturated heterocycles. The van der Waals surface area contributed by atoms with Crippen LogP contribution in [0.1, 0.15) is 11.1 Å². The summed E-state index contributed by atoms with van der Waals surface area (Å²) in [5.41, 5.74) is 2.70. The van der Waals surface area contributed by atoms with E-state index in [2.05, 4.69) is 10.6 Å². The molecule has 23 heavy (non-hydrogen) atoms. The molecule has 0 radical (unpaired) electrons. The Morgan fingerprint density at radius 2 is 1.91 bits per heavy atom. The Kier molecular flexibility index (Phi) is 3.29. The van der Waals surface area contributed by atoms with Crippen LogP contribution in [-0.2, 0) is 12.8 Å². The van der Waals surface area contributed by atoms with Gasteiger partial charge < -0.3 is 20.1 Å². The van der Waals surface area contributed by atoms with Crippen LogP contribution >= 0.6 is 0 Å². The van der Waals surface area contributed by atoms with E-state index in [9.17, 15) is 9.18 Å². The maximum atomic E-state index is 13.6. The normalized spacial score (nSPS) is 14.5. The van der Waals surface area contributed by atoms with Crippen molar-refractivity contribution in [3.8, 4) is 11.5 Å². The number of fused-ring (bicyclic) bond motifs is 2. The number of rotatable bonds is 2. The van der Waals surface area contributed by atoms with E-state index in [-0.39, 0.29) is 5.69 Å². The number of urea groups is 1. The largest absolute Gasteiger partial charge is 0.493 e. The van der Waals surface area contributed by atoms with Gasteiger partial charge in [0.05, 0.1) is 24.6 Å². The summed E-state index contributed by atoms with van der Waals surface area (Å²) in [4.78, 5) is 12.2. The van der Waals surface area contributed by atoms with Gasteiger partial charge >= 0.3 is 6.03 Å². The molecule has 2 aliphatic rings. The summed E-state index contributed by atoms with van der Waals surface area (Å²) in [6.07, 6.45) is 1.50. The number of hydrogen-bond donors (Lipinski definition) is 2. The first-order valence-electron chi connectivity index (χ1n) is 7.49. The Labute approximate surface area is 132 Å². The highest BCUT2D eigenvalue weighted by molar-refractivity contribution is 6.02. The predicted octanol–water partition coefficient (Wildman–Crippen LogP) is 3.34. The van der Waals surface area contributed by atoms with E-state index in [1.54, 1.807) is 12.1 Å². The molecule has 2 aromatic rings. The van der Waals surface area contributed by atoms with Gasteiger partial charge in [-0.2, -0.15) is 0 Å². The molecule has 118 valence electrons. The molecule has 2 heterocycles. The molecule has 5 nitrogen and oxygen atoms in total. The average molecular weight is 314 g/mol. The highest BCUT2D eigenvalue weighted by Crippen LogP contribution is 2.44. The fraction of sp³-hybridized carbons (Fsp3) is 0.235. The van der Waals surface area contributed by atoms with E-state index >= 15 is 0 Å². The lowest BCUT2D eigenvalue weighted by molar-refractivity contribution is 0.262. The Balaban J connectivity index is 1.62. The molecule has 2 N–H and O–H groups in total. The first-order chi connectivity index (χ1) is 11.2. The van der Waals surface area contributed by atoms with Crippen molar-refractivity contribution in [1.82, 2.24) is 0 Å². The first kappa shape index (κ1) is 13.9. The third-order valence-corrected chi connectivity index (χ3v) is 4.01. The lowest BCUT2D eigenvalue weighted by Gasteiger charge is -2.14. The van der Waals surface area contributed by atoms with Crippen molar-refractivity contribution in [2.24, 2.45) is 0 Å². The zero-order valence-electron chi connectivity index (χ0n) is 12.3. The number of ether oxygens (including phenoxy) is 2. The van der Waals surface area contributed by atoms with Crippen LogP contribution in [0.25, 0.3) is 0 Å². The molecule has 2 amide bonds. The molecule has 0 bridgehead atoms. The highest BCUT2D eigenvalue weighted by Gasteiger charge is 2.27. The SMILES string of the molecule is O=C(Nc1ccccc1F)Nc1c2c(cc3c1OCC3)OCC2. The summed E-state index contributed by atoms with van der Waals surface area (Å²) in [7, 11) is 0. The molecular formula is C17H15FN2O3. The highest BCUT2D eigenvalue weighted by atomic mass is 19.1. The molecule has 0 aromatic heterocycles. The van der Waals surface area contributed by atoms with Crippen molar-refractivity contribution in [2.75, 3.05) is 23.8 Å². The lowest BCUT2D eigenvalue weighted by atomic mass is 10.0. The number of nitrogens with one attached hydrogen (secondary N) is 2. The van der Waals surface area contributed by atoms with Gasteiger partial charge in [0.15, 0.2) is 0 Å². The average Bonchev–Trinajstić information content (AvgIpc) is 3.18. The minimum absolute atomic E-state index is 0.131.